The second kappa shape index (κ2) is 10.2. The summed E-state index contributed by atoms with van der Waals surface area (Å²) in [7, 11) is -4.30. The fourth-order valence-electron chi connectivity index (χ4n) is 4.22. The quantitative estimate of drug-likeness (QED) is 0.228. The van der Waals surface area contributed by atoms with Crippen molar-refractivity contribution >= 4 is 67.2 Å². The molecule has 10 nitrogen and oxygen atoms in total. The Morgan fingerprint density at radius 3 is 2.54 bits per heavy atom. The number of halogens is 3. The van der Waals surface area contributed by atoms with Crippen molar-refractivity contribution in [2.24, 2.45) is 0 Å². The summed E-state index contributed by atoms with van der Waals surface area (Å²) in [6.45, 7) is 0. The molecule has 0 aliphatic heterocycles. The molecule has 2 N–H and O–H groups in total. The van der Waals surface area contributed by atoms with Crippen molar-refractivity contribution in [1.29, 1.82) is 0 Å². The molecular weight excluding hydrogens is 576 g/mol. The normalized spacial score (nSPS) is 11.6. The number of sulfonamides is 1. The molecule has 0 spiro atoms. The Balaban J connectivity index is 1.40. The maximum atomic E-state index is 15.5. The number of anilines is 3. The van der Waals surface area contributed by atoms with E-state index in [4.69, 9.17) is 11.6 Å². The van der Waals surface area contributed by atoms with Gasteiger partial charge in [-0.2, -0.15) is 0 Å². The molecule has 0 saturated heterocycles. The summed E-state index contributed by atoms with van der Waals surface area (Å²) in [6.07, 6.45) is 3.39. The van der Waals surface area contributed by atoms with Crippen LogP contribution >= 0.6 is 11.6 Å². The Kier molecular flexibility index (Phi) is 6.52. The molecule has 0 radical (unpaired) electrons. The first kappa shape index (κ1) is 26.2. The lowest BCUT2D eigenvalue weighted by Crippen LogP contribution is -2.15. The molecule has 0 bridgehead atoms. The van der Waals surface area contributed by atoms with E-state index in [1.54, 1.807) is 41.0 Å². The Morgan fingerprint density at radius 2 is 1.73 bits per heavy atom. The van der Waals surface area contributed by atoms with Gasteiger partial charge in [0.05, 0.1) is 27.3 Å². The monoisotopic (exact) mass is 591 g/mol. The second-order valence-electron chi connectivity index (χ2n) is 8.65. The molecule has 6 rings (SSSR count). The van der Waals surface area contributed by atoms with Gasteiger partial charge in [0.25, 0.3) is 10.0 Å². The molecule has 6 aromatic rings. The number of rotatable bonds is 7. The van der Waals surface area contributed by atoms with Gasteiger partial charge in [-0.25, -0.2) is 37.1 Å². The number of hydrogen-bond acceptors (Lipinski definition) is 8. The molecule has 204 valence electrons. The first-order chi connectivity index (χ1) is 19.8. The summed E-state index contributed by atoms with van der Waals surface area (Å²) in [5, 5.41) is 2.53. The van der Waals surface area contributed by atoms with Gasteiger partial charge in [0, 0.05) is 5.56 Å². The van der Waals surface area contributed by atoms with Crippen LogP contribution in [-0.2, 0) is 10.0 Å². The van der Waals surface area contributed by atoms with E-state index in [-0.39, 0.29) is 21.3 Å². The van der Waals surface area contributed by atoms with Gasteiger partial charge >= 0.3 is 0 Å². The summed E-state index contributed by atoms with van der Waals surface area (Å²) >= 11 is 6.00. The summed E-state index contributed by atoms with van der Waals surface area (Å²) in [6, 6.07) is 15.9. The third-order valence-electron chi connectivity index (χ3n) is 6.15. The van der Waals surface area contributed by atoms with Crippen molar-refractivity contribution < 1.29 is 22.0 Å². The van der Waals surface area contributed by atoms with Gasteiger partial charge in [0.15, 0.2) is 17.9 Å². The first-order valence-electron chi connectivity index (χ1n) is 11.8. The summed E-state index contributed by atoms with van der Waals surface area (Å²) in [5.74, 6) is -1.89. The maximum absolute atomic E-state index is 15.5. The topological polar surface area (TPSA) is 132 Å². The van der Waals surface area contributed by atoms with Gasteiger partial charge < -0.3 is 5.32 Å². The van der Waals surface area contributed by atoms with Crippen LogP contribution in [0.2, 0.25) is 5.02 Å². The number of hydrogen-bond donors (Lipinski definition) is 2. The van der Waals surface area contributed by atoms with E-state index in [1.165, 1.54) is 30.9 Å². The Morgan fingerprint density at radius 1 is 0.902 bits per heavy atom. The molecule has 0 atom stereocenters. The molecule has 3 heterocycles. The van der Waals surface area contributed by atoms with Crippen molar-refractivity contribution in [3.05, 3.63) is 102 Å². The van der Waals surface area contributed by atoms with Gasteiger partial charge in [0.2, 0.25) is 0 Å². The number of nitrogens with zero attached hydrogens (tertiary/aromatic N) is 5. The minimum atomic E-state index is -4.30. The Labute approximate surface area is 235 Å². The predicted octanol–water partition coefficient (Wildman–Crippen LogP) is 5.65. The second-order valence-corrected chi connectivity index (χ2v) is 10.7. The minimum absolute atomic E-state index is 0.0428. The summed E-state index contributed by atoms with van der Waals surface area (Å²) in [4.78, 5) is 28.3. The van der Waals surface area contributed by atoms with Crippen LogP contribution in [0.1, 0.15) is 10.4 Å². The minimum Gasteiger partial charge on any atom is -0.333 e. The summed E-state index contributed by atoms with van der Waals surface area (Å²) < 4.78 is 59.9. The molecule has 0 aliphatic rings. The average Bonchev–Trinajstić information content (AvgIpc) is 3.41. The molecule has 0 aliphatic carbocycles. The zero-order valence-corrected chi connectivity index (χ0v) is 22.2. The van der Waals surface area contributed by atoms with Crippen molar-refractivity contribution in [3.63, 3.8) is 0 Å². The van der Waals surface area contributed by atoms with E-state index >= 15 is 4.39 Å². The fraction of sp³-hybridized carbons (Fsp3) is 0. The van der Waals surface area contributed by atoms with Crippen LogP contribution in [0.25, 0.3) is 27.9 Å². The van der Waals surface area contributed by atoms with Gasteiger partial charge in [0.1, 0.15) is 40.4 Å². The molecule has 41 heavy (non-hydrogen) atoms. The number of pyridine rings is 1. The van der Waals surface area contributed by atoms with Crippen molar-refractivity contribution in [3.8, 4) is 5.82 Å². The number of aromatic nitrogens is 5. The van der Waals surface area contributed by atoms with Gasteiger partial charge in [-0.05, 0) is 48.5 Å². The van der Waals surface area contributed by atoms with Crippen LogP contribution in [0.15, 0.2) is 84.3 Å². The van der Waals surface area contributed by atoms with Crippen LogP contribution in [0.5, 0.6) is 0 Å². The van der Waals surface area contributed by atoms with E-state index in [9.17, 15) is 17.6 Å². The lowest BCUT2D eigenvalue weighted by molar-refractivity contribution is 0.112. The lowest BCUT2D eigenvalue weighted by atomic mass is 10.2. The number of nitrogens with one attached hydrogen (secondary N) is 2. The standard InChI is InChI=1S/C27H16ClF2N7O3S/c28-16-5-1-2-7-21(16)41(39,40)36-18-9-8-17(29)25(23(18)30)35-27-26-19(31-13-32-27)10-11-22(34-26)37-14-33-24-15(12-38)4-3-6-20(24)37/h1-14,36H,(H,31,32,35). The van der Waals surface area contributed by atoms with Crippen molar-refractivity contribution in [2.75, 3.05) is 10.0 Å². The highest BCUT2D eigenvalue weighted by Gasteiger charge is 2.23. The highest BCUT2D eigenvalue weighted by molar-refractivity contribution is 7.92. The lowest BCUT2D eigenvalue weighted by Gasteiger charge is -2.14. The van der Waals surface area contributed by atoms with Gasteiger partial charge in [-0.15, -0.1) is 0 Å². The Hall–Kier alpha value is -5.01. The van der Waals surface area contributed by atoms with E-state index < -0.39 is 33.0 Å². The van der Waals surface area contributed by atoms with Crippen molar-refractivity contribution in [1.82, 2.24) is 24.5 Å². The van der Waals surface area contributed by atoms with E-state index in [0.717, 1.165) is 12.1 Å². The van der Waals surface area contributed by atoms with Gasteiger partial charge in [-0.3, -0.25) is 14.1 Å². The van der Waals surface area contributed by atoms with E-state index in [2.05, 4.69) is 30.0 Å². The predicted molar refractivity (Wildman–Crippen MR) is 149 cm³/mol. The van der Waals surface area contributed by atoms with E-state index in [0.29, 0.717) is 34.2 Å². The number of benzene rings is 3. The van der Waals surface area contributed by atoms with Crippen LogP contribution in [0, 0.1) is 11.6 Å². The molecule has 3 aromatic heterocycles. The smallest absolute Gasteiger partial charge is 0.263 e. The third kappa shape index (κ3) is 4.70. The molecule has 3 aromatic carbocycles. The molecule has 0 unspecified atom stereocenters. The largest absolute Gasteiger partial charge is 0.333 e. The third-order valence-corrected chi connectivity index (χ3v) is 8.02. The first-order valence-corrected chi connectivity index (χ1v) is 13.7. The molecule has 0 amide bonds. The van der Waals surface area contributed by atoms with Crippen LogP contribution < -0.4 is 10.0 Å². The molecule has 0 saturated carbocycles. The number of imidazole rings is 1. The number of carbonyl (C=O) groups is 1. The zero-order chi connectivity index (χ0) is 28.7. The molecular formula is C27H16ClF2N7O3S. The van der Waals surface area contributed by atoms with E-state index in [1.807, 2.05) is 0 Å². The van der Waals surface area contributed by atoms with Crippen LogP contribution in [0.3, 0.4) is 0 Å². The maximum Gasteiger partial charge on any atom is 0.263 e. The van der Waals surface area contributed by atoms with Crippen LogP contribution in [-0.4, -0.2) is 39.2 Å². The van der Waals surface area contributed by atoms with Gasteiger partial charge in [-0.1, -0.05) is 29.8 Å². The fourth-order valence-corrected chi connectivity index (χ4v) is 5.80. The van der Waals surface area contributed by atoms with Crippen molar-refractivity contribution in [2.45, 2.75) is 4.90 Å². The number of aldehydes is 1. The highest BCUT2D eigenvalue weighted by atomic mass is 35.5. The number of carbonyl (C=O) groups excluding carboxylic acids is 1. The molecule has 0 fully saturated rings. The average molecular weight is 592 g/mol. The Bertz CT molecular complexity index is 2100. The molecule has 14 heteroatoms. The number of fused-ring (bicyclic) bond motifs is 2. The SMILES string of the molecule is O=Cc1cccc2c1ncn2-c1ccc2ncnc(Nc3c(F)ccc(NS(=O)(=O)c4ccccc4Cl)c3F)c2n1. The van der Waals surface area contributed by atoms with Crippen LogP contribution in [0.4, 0.5) is 26.0 Å². The highest BCUT2D eigenvalue weighted by Crippen LogP contribution is 2.32. The number of para-hydroxylation sites is 1. The zero-order valence-electron chi connectivity index (χ0n) is 20.6. The summed E-state index contributed by atoms with van der Waals surface area (Å²) in [5.41, 5.74) is 0.844.